The molecule has 0 unspecified atom stereocenters. The average Bonchev–Trinajstić information content (AvgIpc) is 3.00. The second-order valence-electron chi connectivity index (χ2n) is 5.30. The van der Waals surface area contributed by atoms with Gasteiger partial charge in [0.15, 0.2) is 0 Å². The number of aliphatic hydroxyl groups is 1. The van der Waals surface area contributed by atoms with E-state index in [9.17, 15) is 5.11 Å². The van der Waals surface area contributed by atoms with Crippen molar-refractivity contribution in [3.05, 3.63) is 60.7 Å². The maximum absolute atomic E-state index is 10.0. The molecular formula is C17H19N3O. The van der Waals surface area contributed by atoms with Crippen LogP contribution in [-0.2, 0) is 13.0 Å². The van der Waals surface area contributed by atoms with E-state index in [0.717, 1.165) is 19.3 Å². The number of nitrogens with zero attached hydrogens (tertiary/aromatic N) is 3. The zero-order valence-electron chi connectivity index (χ0n) is 11.9. The van der Waals surface area contributed by atoms with Crippen molar-refractivity contribution in [1.29, 1.82) is 0 Å². The van der Waals surface area contributed by atoms with E-state index >= 15 is 0 Å². The van der Waals surface area contributed by atoms with Crippen LogP contribution in [0.4, 0.5) is 0 Å². The molecule has 0 aliphatic rings. The molecule has 0 aliphatic carbocycles. The van der Waals surface area contributed by atoms with Gasteiger partial charge < -0.3 is 5.11 Å². The Labute approximate surface area is 124 Å². The van der Waals surface area contributed by atoms with Gasteiger partial charge in [-0.05, 0) is 35.6 Å². The van der Waals surface area contributed by atoms with Gasteiger partial charge in [-0.3, -0.25) is 4.68 Å². The molecule has 0 radical (unpaired) electrons. The molecule has 1 atom stereocenters. The number of benzene rings is 2. The molecule has 0 saturated heterocycles. The minimum absolute atomic E-state index is 0.373. The van der Waals surface area contributed by atoms with Gasteiger partial charge in [-0.15, -0.1) is 0 Å². The van der Waals surface area contributed by atoms with E-state index < -0.39 is 0 Å². The lowest BCUT2D eigenvalue weighted by Crippen LogP contribution is -2.16. The molecule has 0 spiro atoms. The van der Waals surface area contributed by atoms with Crippen LogP contribution >= 0.6 is 0 Å². The number of rotatable bonds is 6. The van der Waals surface area contributed by atoms with Crippen molar-refractivity contribution in [2.45, 2.75) is 31.9 Å². The van der Waals surface area contributed by atoms with Gasteiger partial charge in [-0.25, -0.2) is 4.98 Å². The highest BCUT2D eigenvalue weighted by atomic mass is 16.3. The molecule has 21 heavy (non-hydrogen) atoms. The van der Waals surface area contributed by atoms with Gasteiger partial charge in [0, 0.05) is 0 Å². The van der Waals surface area contributed by atoms with Gasteiger partial charge in [-0.1, -0.05) is 42.5 Å². The van der Waals surface area contributed by atoms with Gasteiger partial charge in [-0.2, -0.15) is 5.10 Å². The minimum Gasteiger partial charge on any atom is -0.391 e. The highest BCUT2D eigenvalue weighted by molar-refractivity contribution is 5.85. The van der Waals surface area contributed by atoms with Gasteiger partial charge in [0.2, 0.25) is 0 Å². The standard InChI is InChI=1S/C17H19N3O/c21-16(11-20-13-18-12-19-20)9-4-8-15-7-3-6-14-5-1-2-10-17(14)15/h1-3,5-7,10,12-13,16,21H,4,8-9,11H2/t16-/m0/s1. The lowest BCUT2D eigenvalue weighted by Gasteiger charge is -2.11. The third kappa shape index (κ3) is 3.47. The van der Waals surface area contributed by atoms with Crippen molar-refractivity contribution in [3.63, 3.8) is 0 Å². The second kappa shape index (κ2) is 6.50. The molecular weight excluding hydrogens is 262 g/mol. The Bertz CT molecular complexity index is 689. The number of fused-ring (bicyclic) bond motifs is 1. The normalized spacial score (nSPS) is 12.6. The van der Waals surface area contributed by atoms with Crippen molar-refractivity contribution in [2.75, 3.05) is 0 Å². The lowest BCUT2D eigenvalue weighted by atomic mass is 9.99. The van der Waals surface area contributed by atoms with Crippen LogP contribution in [0.2, 0.25) is 0 Å². The fourth-order valence-corrected chi connectivity index (χ4v) is 2.67. The Balaban J connectivity index is 1.57. The molecule has 4 nitrogen and oxygen atoms in total. The number of hydrogen-bond donors (Lipinski definition) is 1. The summed E-state index contributed by atoms with van der Waals surface area (Å²) in [7, 11) is 0. The summed E-state index contributed by atoms with van der Waals surface area (Å²) >= 11 is 0. The molecule has 0 amide bonds. The summed E-state index contributed by atoms with van der Waals surface area (Å²) in [5.74, 6) is 0. The van der Waals surface area contributed by atoms with E-state index in [1.165, 1.54) is 22.7 Å². The SMILES string of the molecule is O[C@@H](CCCc1cccc2ccccc12)Cn1cncn1. The molecule has 3 aromatic rings. The third-order valence-electron chi connectivity index (χ3n) is 3.73. The number of aryl methyl sites for hydroxylation is 1. The third-order valence-corrected chi connectivity index (χ3v) is 3.73. The Morgan fingerprint density at radius 3 is 2.81 bits per heavy atom. The molecule has 1 N–H and O–H groups in total. The zero-order valence-corrected chi connectivity index (χ0v) is 11.9. The predicted octanol–water partition coefficient (Wildman–Crippen LogP) is 2.82. The predicted molar refractivity (Wildman–Crippen MR) is 82.9 cm³/mol. The molecule has 108 valence electrons. The van der Waals surface area contributed by atoms with Gasteiger partial charge in [0.25, 0.3) is 0 Å². The van der Waals surface area contributed by atoms with Gasteiger partial charge in [0.05, 0.1) is 12.6 Å². The monoisotopic (exact) mass is 281 g/mol. The van der Waals surface area contributed by atoms with Crippen molar-refractivity contribution in [3.8, 4) is 0 Å². The largest absolute Gasteiger partial charge is 0.391 e. The van der Waals surface area contributed by atoms with Gasteiger partial charge >= 0.3 is 0 Å². The van der Waals surface area contributed by atoms with Crippen molar-refractivity contribution in [1.82, 2.24) is 14.8 Å². The summed E-state index contributed by atoms with van der Waals surface area (Å²) in [6.07, 6.45) is 5.46. The highest BCUT2D eigenvalue weighted by Gasteiger charge is 2.07. The summed E-state index contributed by atoms with van der Waals surface area (Å²) in [4.78, 5) is 3.88. The number of hydrogen-bond acceptors (Lipinski definition) is 3. The number of aromatic nitrogens is 3. The summed E-state index contributed by atoms with van der Waals surface area (Å²) in [5, 5.41) is 16.6. The Morgan fingerprint density at radius 2 is 1.95 bits per heavy atom. The van der Waals surface area contributed by atoms with Crippen LogP contribution in [0.3, 0.4) is 0 Å². The molecule has 1 heterocycles. The van der Waals surface area contributed by atoms with Crippen LogP contribution < -0.4 is 0 Å². The average molecular weight is 281 g/mol. The van der Waals surface area contributed by atoms with E-state index in [1.807, 2.05) is 0 Å². The first-order chi connectivity index (χ1) is 10.3. The zero-order chi connectivity index (χ0) is 14.5. The summed E-state index contributed by atoms with van der Waals surface area (Å²) in [5.41, 5.74) is 1.35. The molecule has 1 aromatic heterocycles. The molecule has 2 aromatic carbocycles. The Kier molecular flexibility index (Phi) is 4.26. The molecule has 3 rings (SSSR count). The van der Waals surface area contributed by atoms with E-state index in [0.29, 0.717) is 6.54 Å². The Morgan fingerprint density at radius 1 is 1.10 bits per heavy atom. The summed E-state index contributed by atoms with van der Waals surface area (Å²) in [6.45, 7) is 0.509. The van der Waals surface area contributed by atoms with Crippen LogP contribution in [0.15, 0.2) is 55.1 Å². The van der Waals surface area contributed by atoms with Crippen molar-refractivity contribution >= 4 is 10.8 Å². The van der Waals surface area contributed by atoms with Crippen molar-refractivity contribution in [2.24, 2.45) is 0 Å². The van der Waals surface area contributed by atoms with Crippen LogP contribution in [0.5, 0.6) is 0 Å². The lowest BCUT2D eigenvalue weighted by molar-refractivity contribution is 0.137. The highest BCUT2D eigenvalue weighted by Crippen LogP contribution is 2.20. The first-order valence-electron chi connectivity index (χ1n) is 7.30. The Hall–Kier alpha value is -2.20. The number of aliphatic hydroxyl groups excluding tert-OH is 1. The van der Waals surface area contributed by atoms with Crippen LogP contribution in [-0.4, -0.2) is 26.0 Å². The molecule has 0 bridgehead atoms. The van der Waals surface area contributed by atoms with Crippen molar-refractivity contribution < 1.29 is 5.11 Å². The van der Waals surface area contributed by atoms with E-state index in [-0.39, 0.29) is 6.10 Å². The summed E-state index contributed by atoms with van der Waals surface area (Å²) < 4.78 is 1.67. The van der Waals surface area contributed by atoms with E-state index in [1.54, 1.807) is 11.0 Å². The maximum Gasteiger partial charge on any atom is 0.137 e. The fourth-order valence-electron chi connectivity index (χ4n) is 2.67. The minimum atomic E-state index is -0.373. The topological polar surface area (TPSA) is 50.9 Å². The smallest absolute Gasteiger partial charge is 0.137 e. The van der Waals surface area contributed by atoms with Gasteiger partial charge in [0.1, 0.15) is 12.7 Å². The van der Waals surface area contributed by atoms with E-state index in [2.05, 4.69) is 52.5 Å². The first kappa shape index (κ1) is 13.8. The summed E-state index contributed by atoms with van der Waals surface area (Å²) in [6, 6.07) is 14.8. The van der Waals surface area contributed by atoms with E-state index in [4.69, 9.17) is 0 Å². The van der Waals surface area contributed by atoms with Crippen LogP contribution in [0.25, 0.3) is 10.8 Å². The molecule has 4 heteroatoms. The maximum atomic E-state index is 10.0. The fraction of sp³-hybridized carbons (Fsp3) is 0.294. The van der Waals surface area contributed by atoms with Crippen LogP contribution in [0.1, 0.15) is 18.4 Å². The second-order valence-corrected chi connectivity index (χ2v) is 5.30. The molecule has 0 aliphatic heterocycles. The molecule has 0 fully saturated rings. The first-order valence-corrected chi connectivity index (χ1v) is 7.30. The molecule has 0 saturated carbocycles. The quantitative estimate of drug-likeness (QED) is 0.756. The van der Waals surface area contributed by atoms with Crippen LogP contribution in [0, 0.1) is 0 Å².